The predicted octanol–water partition coefficient (Wildman–Crippen LogP) is 2.35. The van der Waals surface area contributed by atoms with E-state index in [0.717, 1.165) is 17.7 Å². The molecule has 0 radical (unpaired) electrons. The lowest BCUT2D eigenvalue weighted by atomic mass is 9.99. The Labute approximate surface area is 80.1 Å². The van der Waals surface area contributed by atoms with Crippen molar-refractivity contribution >= 4 is 11.6 Å². The maximum absolute atomic E-state index is 5.83. The van der Waals surface area contributed by atoms with Crippen molar-refractivity contribution in [2.75, 3.05) is 25.5 Å². The van der Waals surface area contributed by atoms with Crippen LogP contribution in [0.4, 0.5) is 0 Å². The van der Waals surface area contributed by atoms with Crippen molar-refractivity contribution in [3.63, 3.8) is 0 Å². The molecule has 0 aromatic rings. The molecule has 0 atom stereocenters. The summed E-state index contributed by atoms with van der Waals surface area (Å²) in [6.45, 7) is 3.97. The van der Waals surface area contributed by atoms with Crippen LogP contribution in [-0.2, 0) is 0 Å². The molecule has 2 rings (SSSR count). The molecule has 0 unspecified atom stereocenters. The molecule has 2 fully saturated rings. The maximum Gasteiger partial charge on any atom is 0.0252 e. The van der Waals surface area contributed by atoms with Crippen molar-refractivity contribution in [1.82, 2.24) is 4.90 Å². The number of likely N-dealkylation sites (tertiary alicyclic amines) is 1. The van der Waals surface area contributed by atoms with Crippen molar-refractivity contribution in [2.45, 2.75) is 25.7 Å². The molecule has 0 spiro atoms. The second-order valence-electron chi connectivity index (χ2n) is 4.34. The summed E-state index contributed by atoms with van der Waals surface area (Å²) >= 11 is 5.83. The fraction of sp³-hybridized carbons (Fsp3) is 1.00. The van der Waals surface area contributed by atoms with Crippen LogP contribution in [0.5, 0.6) is 0 Å². The van der Waals surface area contributed by atoms with Crippen molar-refractivity contribution in [3.8, 4) is 0 Å². The lowest BCUT2D eigenvalue weighted by Gasteiger charge is -2.30. The first-order valence-corrected chi connectivity index (χ1v) is 5.70. The average molecular weight is 188 g/mol. The Bertz CT molecular complexity index is 137. The van der Waals surface area contributed by atoms with Crippen LogP contribution >= 0.6 is 11.6 Å². The molecule has 1 aliphatic heterocycles. The van der Waals surface area contributed by atoms with E-state index in [2.05, 4.69) is 4.90 Å². The van der Waals surface area contributed by atoms with Crippen LogP contribution in [0.1, 0.15) is 25.7 Å². The average Bonchev–Trinajstić information content (AvgIpc) is 2.90. The summed E-state index contributed by atoms with van der Waals surface area (Å²) in [4.78, 5) is 2.63. The molecule has 1 nitrogen and oxygen atoms in total. The molecule has 2 heteroatoms. The highest BCUT2D eigenvalue weighted by molar-refractivity contribution is 6.18. The minimum absolute atomic E-state index is 0.808. The first-order valence-electron chi connectivity index (χ1n) is 5.17. The summed E-state index contributed by atoms with van der Waals surface area (Å²) in [5.41, 5.74) is 0. The maximum atomic E-state index is 5.83. The number of halogens is 1. The lowest BCUT2D eigenvalue weighted by molar-refractivity contribution is 0.187. The zero-order valence-electron chi connectivity index (χ0n) is 7.64. The van der Waals surface area contributed by atoms with Gasteiger partial charge in [-0.1, -0.05) is 0 Å². The van der Waals surface area contributed by atoms with E-state index in [4.69, 9.17) is 11.6 Å². The highest BCUT2D eigenvalue weighted by atomic mass is 35.5. The van der Waals surface area contributed by atoms with E-state index < -0.39 is 0 Å². The first kappa shape index (κ1) is 8.83. The molecule has 0 amide bonds. The molecular formula is C10H18ClN. The van der Waals surface area contributed by atoms with Gasteiger partial charge in [0.2, 0.25) is 0 Å². The van der Waals surface area contributed by atoms with Gasteiger partial charge in [0, 0.05) is 12.4 Å². The number of alkyl halides is 1. The van der Waals surface area contributed by atoms with Crippen LogP contribution in [0.3, 0.4) is 0 Å². The third-order valence-corrected chi connectivity index (χ3v) is 3.58. The molecule has 1 saturated heterocycles. The van der Waals surface area contributed by atoms with E-state index >= 15 is 0 Å². The molecule has 1 heterocycles. The van der Waals surface area contributed by atoms with Crippen LogP contribution in [0.2, 0.25) is 0 Å². The number of piperidine rings is 1. The summed E-state index contributed by atoms with van der Waals surface area (Å²) in [5.74, 6) is 2.73. The quantitative estimate of drug-likeness (QED) is 0.614. The number of rotatable bonds is 3. The summed E-state index contributed by atoms with van der Waals surface area (Å²) in [7, 11) is 0. The van der Waals surface area contributed by atoms with E-state index in [9.17, 15) is 0 Å². The van der Waals surface area contributed by atoms with E-state index in [-0.39, 0.29) is 0 Å². The molecule has 1 saturated carbocycles. The Hall–Kier alpha value is 0.250. The van der Waals surface area contributed by atoms with E-state index in [1.54, 1.807) is 0 Å². The van der Waals surface area contributed by atoms with Crippen molar-refractivity contribution < 1.29 is 0 Å². The number of hydrogen-bond acceptors (Lipinski definition) is 1. The molecule has 0 aromatic heterocycles. The SMILES string of the molecule is ClCC1CCN(CC2CC2)CC1. The van der Waals surface area contributed by atoms with Crippen LogP contribution < -0.4 is 0 Å². The number of hydrogen-bond donors (Lipinski definition) is 0. The van der Waals surface area contributed by atoms with Gasteiger partial charge >= 0.3 is 0 Å². The molecule has 2 aliphatic rings. The lowest BCUT2D eigenvalue weighted by Crippen LogP contribution is -2.35. The van der Waals surface area contributed by atoms with Crippen molar-refractivity contribution in [2.24, 2.45) is 11.8 Å². The van der Waals surface area contributed by atoms with Crippen LogP contribution in [0.25, 0.3) is 0 Å². The Morgan fingerprint density at radius 3 is 2.17 bits per heavy atom. The van der Waals surface area contributed by atoms with Gasteiger partial charge in [0.25, 0.3) is 0 Å². The molecule has 0 bridgehead atoms. The second-order valence-corrected chi connectivity index (χ2v) is 4.65. The van der Waals surface area contributed by atoms with Gasteiger partial charge in [-0.2, -0.15) is 0 Å². The van der Waals surface area contributed by atoms with Gasteiger partial charge in [-0.25, -0.2) is 0 Å². The van der Waals surface area contributed by atoms with Crippen LogP contribution in [0.15, 0.2) is 0 Å². The molecule has 0 N–H and O–H groups in total. The largest absolute Gasteiger partial charge is 0.303 e. The standard InChI is InChI=1S/C10H18ClN/c11-7-9-3-5-12(6-4-9)8-10-1-2-10/h9-10H,1-8H2. The highest BCUT2D eigenvalue weighted by Crippen LogP contribution is 2.31. The summed E-state index contributed by atoms with van der Waals surface area (Å²) in [5, 5.41) is 0. The van der Waals surface area contributed by atoms with E-state index in [1.165, 1.54) is 45.3 Å². The second kappa shape index (κ2) is 3.97. The first-order chi connectivity index (χ1) is 5.88. The Morgan fingerprint density at radius 1 is 1.00 bits per heavy atom. The molecule has 70 valence electrons. The fourth-order valence-corrected chi connectivity index (χ4v) is 2.30. The number of nitrogens with zero attached hydrogens (tertiary/aromatic N) is 1. The Morgan fingerprint density at radius 2 is 1.67 bits per heavy atom. The van der Waals surface area contributed by atoms with Gasteiger partial charge < -0.3 is 4.90 Å². The third-order valence-electron chi connectivity index (χ3n) is 3.14. The Balaban J connectivity index is 1.66. The molecule has 12 heavy (non-hydrogen) atoms. The van der Waals surface area contributed by atoms with E-state index in [0.29, 0.717) is 0 Å². The van der Waals surface area contributed by atoms with Crippen molar-refractivity contribution in [1.29, 1.82) is 0 Å². The van der Waals surface area contributed by atoms with Crippen molar-refractivity contribution in [3.05, 3.63) is 0 Å². The highest BCUT2D eigenvalue weighted by Gasteiger charge is 2.26. The van der Waals surface area contributed by atoms with Gasteiger partial charge in [-0.15, -0.1) is 11.6 Å². The van der Waals surface area contributed by atoms with Gasteiger partial charge in [0.15, 0.2) is 0 Å². The van der Waals surface area contributed by atoms with Crippen LogP contribution in [-0.4, -0.2) is 30.4 Å². The predicted molar refractivity (Wildman–Crippen MR) is 52.6 cm³/mol. The monoisotopic (exact) mass is 187 g/mol. The zero-order chi connectivity index (χ0) is 8.39. The minimum atomic E-state index is 0.808. The van der Waals surface area contributed by atoms with E-state index in [1.807, 2.05) is 0 Å². The fourth-order valence-electron chi connectivity index (χ4n) is 1.99. The molecule has 1 aliphatic carbocycles. The van der Waals surface area contributed by atoms with Gasteiger partial charge in [-0.05, 0) is 50.6 Å². The van der Waals surface area contributed by atoms with Crippen LogP contribution in [0, 0.1) is 11.8 Å². The Kier molecular flexibility index (Phi) is 2.92. The topological polar surface area (TPSA) is 3.24 Å². The summed E-state index contributed by atoms with van der Waals surface area (Å²) in [6, 6.07) is 0. The van der Waals surface area contributed by atoms with Gasteiger partial charge in [0.05, 0.1) is 0 Å². The molecular weight excluding hydrogens is 170 g/mol. The summed E-state index contributed by atoms with van der Waals surface area (Å²) < 4.78 is 0. The molecule has 0 aromatic carbocycles. The normalized spacial score (nSPS) is 27.8. The summed E-state index contributed by atoms with van der Waals surface area (Å²) in [6.07, 6.45) is 5.62. The van der Waals surface area contributed by atoms with Gasteiger partial charge in [-0.3, -0.25) is 0 Å². The smallest absolute Gasteiger partial charge is 0.0252 e. The minimum Gasteiger partial charge on any atom is -0.303 e. The zero-order valence-corrected chi connectivity index (χ0v) is 8.39. The van der Waals surface area contributed by atoms with Gasteiger partial charge in [0.1, 0.15) is 0 Å². The third kappa shape index (κ3) is 2.37.